The van der Waals surface area contributed by atoms with E-state index in [1.807, 2.05) is 54.3 Å². The third-order valence-electron chi connectivity index (χ3n) is 8.18. The number of esters is 1. The Morgan fingerprint density at radius 2 is 1.64 bits per heavy atom. The van der Waals surface area contributed by atoms with E-state index >= 15 is 0 Å². The molecule has 0 aliphatic carbocycles. The number of para-hydroxylation sites is 2. The van der Waals surface area contributed by atoms with Crippen molar-refractivity contribution in [2.45, 2.75) is 39.7 Å². The summed E-state index contributed by atoms with van der Waals surface area (Å²) < 4.78 is 24.8. The van der Waals surface area contributed by atoms with Crippen molar-refractivity contribution in [1.82, 2.24) is 9.80 Å². The fourth-order valence-electron chi connectivity index (χ4n) is 5.97. The van der Waals surface area contributed by atoms with Crippen molar-refractivity contribution in [2.75, 3.05) is 44.3 Å². The van der Waals surface area contributed by atoms with Crippen molar-refractivity contribution in [1.29, 1.82) is 0 Å². The molecule has 2 heterocycles. The molecule has 8 nitrogen and oxygen atoms in total. The second-order valence-electron chi connectivity index (χ2n) is 10.9. The Hall–Kier alpha value is -4.66. The van der Waals surface area contributed by atoms with E-state index in [0.717, 1.165) is 17.0 Å². The van der Waals surface area contributed by atoms with Gasteiger partial charge < -0.3 is 24.2 Å². The molecule has 9 heteroatoms. The van der Waals surface area contributed by atoms with Crippen LogP contribution in [-0.2, 0) is 20.9 Å². The van der Waals surface area contributed by atoms with Crippen molar-refractivity contribution < 1.29 is 28.2 Å². The van der Waals surface area contributed by atoms with Crippen LogP contribution in [0, 0.1) is 5.82 Å². The van der Waals surface area contributed by atoms with Crippen molar-refractivity contribution in [2.24, 2.45) is 0 Å². The molecule has 0 N–H and O–H groups in total. The number of anilines is 1. The Bertz CT molecular complexity index is 1550. The van der Waals surface area contributed by atoms with Crippen LogP contribution in [0.15, 0.2) is 84.1 Å². The maximum Gasteiger partial charge on any atom is 0.336 e. The van der Waals surface area contributed by atoms with Crippen molar-refractivity contribution in [3.05, 3.63) is 107 Å². The quantitative estimate of drug-likeness (QED) is 0.301. The number of hydrogen-bond donors (Lipinski definition) is 0. The van der Waals surface area contributed by atoms with E-state index in [-0.39, 0.29) is 37.2 Å². The fourth-order valence-corrected chi connectivity index (χ4v) is 5.97. The molecular formula is C35H38FN3O5. The first-order valence-corrected chi connectivity index (χ1v) is 15.1. The lowest BCUT2D eigenvalue weighted by Crippen LogP contribution is -2.48. The molecule has 2 aliphatic heterocycles. The lowest BCUT2D eigenvalue weighted by atomic mass is 9.83. The third kappa shape index (κ3) is 6.61. The molecule has 3 aromatic rings. The summed E-state index contributed by atoms with van der Waals surface area (Å²) in [4.78, 5) is 45.7. The average Bonchev–Trinajstić information content (AvgIpc) is 3.03. The second-order valence-corrected chi connectivity index (χ2v) is 10.9. The highest BCUT2D eigenvalue weighted by Crippen LogP contribution is 2.38. The number of piperazine rings is 1. The number of benzene rings is 3. The minimum Gasteiger partial charge on any atom is -0.492 e. The zero-order valence-corrected chi connectivity index (χ0v) is 25.4. The van der Waals surface area contributed by atoms with Crippen LogP contribution in [0.1, 0.15) is 54.6 Å². The van der Waals surface area contributed by atoms with Crippen molar-refractivity contribution in [3.8, 4) is 5.75 Å². The highest BCUT2D eigenvalue weighted by molar-refractivity contribution is 5.96. The van der Waals surface area contributed by atoms with Gasteiger partial charge in [-0.1, -0.05) is 36.4 Å². The van der Waals surface area contributed by atoms with Crippen LogP contribution in [0.3, 0.4) is 0 Å². The van der Waals surface area contributed by atoms with E-state index in [1.54, 1.807) is 36.9 Å². The van der Waals surface area contributed by atoms with Crippen molar-refractivity contribution in [3.63, 3.8) is 0 Å². The molecule has 5 rings (SSSR count). The minimum absolute atomic E-state index is 0.0481. The number of halogens is 1. The highest BCUT2D eigenvalue weighted by Gasteiger charge is 2.37. The molecule has 44 heavy (non-hydrogen) atoms. The standard InChI is InChI=1S/C35H38FN3O5/c1-4-43-31-12-7-6-11-30(31)37-17-19-38(20-18-37)34(41)27-10-8-9-25(21-27)23-39-24(3)33(35(42)44-5-2)29(22-32(39)40)26-13-15-28(36)16-14-26/h6-16,21,29H,4-5,17-20,22-23H2,1-3H3/t29-/m0/s1. The van der Waals surface area contributed by atoms with Gasteiger partial charge in [-0.2, -0.15) is 0 Å². The number of carbonyl (C=O) groups is 3. The predicted molar refractivity (Wildman–Crippen MR) is 166 cm³/mol. The minimum atomic E-state index is -0.537. The Morgan fingerprint density at radius 1 is 0.909 bits per heavy atom. The van der Waals surface area contributed by atoms with Crippen LogP contribution in [-0.4, -0.2) is 67.0 Å². The molecule has 230 valence electrons. The molecule has 0 radical (unpaired) electrons. The molecule has 0 aromatic heterocycles. The lowest BCUT2D eigenvalue weighted by molar-refractivity contribution is -0.140. The van der Waals surface area contributed by atoms with Crippen LogP contribution < -0.4 is 9.64 Å². The normalized spacial score (nSPS) is 17.1. The highest BCUT2D eigenvalue weighted by atomic mass is 19.1. The molecule has 0 saturated carbocycles. The molecule has 0 bridgehead atoms. The maximum atomic E-state index is 13.6. The van der Waals surface area contributed by atoms with E-state index in [1.165, 1.54) is 12.1 Å². The average molecular weight is 600 g/mol. The number of rotatable bonds is 9. The van der Waals surface area contributed by atoms with Gasteiger partial charge in [0.2, 0.25) is 5.91 Å². The van der Waals surface area contributed by atoms with Gasteiger partial charge in [0.15, 0.2) is 0 Å². The Labute approximate surface area is 257 Å². The van der Waals surface area contributed by atoms with E-state index in [0.29, 0.717) is 55.2 Å². The van der Waals surface area contributed by atoms with Crippen molar-refractivity contribution >= 4 is 23.5 Å². The predicted octanol–water partition coefficient (Wildman–Crippen LogP) is 5.54. The Balaban J connectivity index is 1.32. The third-order valence-corrected chi connectivity index (χ3v) is 8.18. The van der Waals surface area contributed by atoms with Crippen LogP contribution in [0.4, 0.5) is 10.1 Å². The van der Waals surface area contributed by atoms with Gasteiger partial charge >= 0.3 is 5.97 Å². The molecular weight excluding hydrogens is 561 g/mol. The van der Waals surface area contributed by atoms with Gasteiger partial charge in [-0.3, -0.25) is 9.59 Å². The molecule has 0 spiro atoms. The van der Waals surface area contributed by atoms with E-state index in [2.05, 4.69) is 4.90 Å². The monoisotopic (exact) mass is 599 g/mol. The van der Waals surface area contributed by atoms with E-state index in [9.17, 15) is 18.8 Å². The number of ether oxygens (including phenoxy) is 2. The molecule has 1 saturated heterocycles. The first-order chi connectivity index (χ1) is 21.3. The zero-order chi connectivity index (χ0) is 31.2. The Morgan fingerprint density at radius 3 is 2.34 bits per heavy atom. The SMILES string of the molecule is CCOC(=O)C1=C(C)N(Cc2cccc(C(=O)N3CCN(c4ccccc4OCC)CC3)c2)C(=O)C[C@H]1c1ccc(F)cc1. The number of carbonyl (C=O) groups excluding carboxylic acids is 3. The summed E-state index contributed by atoms with van der Waals surface area (Å²) in [5, 5.41) is 0. The summed E-state index contributed by atoms with van der Waals surface area (Å²) in [6, 6.07) is 21.1. The molecule has 2 aliphatic rings. The van der Waals surface area contributed by atoms with Gasteiger partial charge in [-0.25, -0.2) is 9.18 Å². The smallest absolute Gasteiger partial charge is 0.336 e. The van der Waals surface area contributed by atoms with Gasteiger partial charge in [-0.15, -0.1) is 0 Å². The van der Waals surface area contributed by atoms with Gasteiger partial charge in [0, 0.05) is 49.8 Å². The van der Waals surface area contributed by atoms with Gasteiger partial charge in [0.25, 0.3) is 5.91 Å². The molecule has 2 amide bonds. The second kappa shape index (κ2) is 13.8. The summed E-state index contributed by atoms with van der Waals surface area (Å²) in [6.45, 7) is 8.93. The number of allylic oxidation sites excluding steroid dienone is 1. The zero-order valence-electron chi connectivity index (χ0n) is 25.4. The topological polar surface area (TPSA) is 79.4 Å². The molecule has 1 atom stereocenters. The molecule has 3 aromatic carbocycles. The van der Waals surface area contributed by atoms with Crippen LogP contribution in [0.25, 0.3) is 0 Å². The number of nitrogens with zero attached hydrogens (tertiary/aromatic N) is 3. The number of amides is 2. The summed E-state index contributed by atoms with van der Waals surface area (Å²) >= 11 is 0. The first kappa shape index (κ1) is 30.8. The number of hydrogen-bond acceptors (Lipinski definition) is 6. The van der Waals surface area contributed by atoms with Crippen LogP contribution >= 0.6 is 0 Å². The van der Waals surface area contributed by atoms with Crippen LogP contribution in [0.5, 0.6) is 5.75 Å². The van der Waals surface area contributed by atoms with E-state index in [4.69, 9.17) is 9.47 Å². The van der Waals surface area contributed by atoms with E-state index < -0.39 is 11.9 Å². The maximum absolute atomic E-state index is 13.6. The van der Waals surface area contributed by atoms with Gasteiger partial charge in [0.05, 0.1) is 31.0 Å². The largest absolute Gasteiger partial charge is 0.492 e. The van der Waals surface area contributed by atoms with Crippen LogP contribution in [0.2, 0.25) is 0 Å². The molecule has 0 unspecified atom stereocenters. The fraction of sp³-hybridized carbons (Fsp3) is 0.343. The summed E-state index contributed by atoms with van der Waals surface area (Å²) in [7, 11) is 0. The summed E-state index contributed by atoms with van der Waals surface area (Å²) in [5.41, 5.74) is 3.91. The first-order valence-electron chi connectivity index (χ1n) is 15.1. The lowest BCUT2D eigenvalue weighted by Gasteiger charge is -2.37. The summed E-state index contributed by atoms with van der Waals surface area (Å²) in [6.07, 6.45) is 0.0481. The van der Waals surface area contributed by atoms with Gasteiger partial charge in [0.1, 0.15) is 11.6 Å². The summed E-state index contributed by atoms with van der Waals surface area (Å²) in [5.74, 6) is -0.807. The van der Waals surface area contributed by atoms with Gasteiger partial charge in [-0.05, 0) is 68.3 Å². The molecule has 1 fully saturated rings. The Kier molecular flexibility index (Phi) is 9.62.